The molecule has 4 rings (SSSR count). The number of hydrogen-bond donors (Lipinski definition) is 1. The van der Waals surface area contributed by atoms with Crippen LogP contribution < -0.4 is 15.1 Å². The van der Waals surface area contributed by atoms with Gasteiger partial charge >= 0.3 is 6.36 Å². The predicted molar refractivity (Wildman–Crippen MR) is 126 cm³/mol. The number of alkyl halides is 3. The zero-order valence-electron chi connectivity index (χ0n) is 19.5. The highest BCUT2D eigenvalue weighted by molar-refractivity contribution is 7.89. The summed E-state index contributed by atoms with van der Waals surface area (Å²) in [5, 5.41) is 0. The number of hydrogen-bond acceptors (Lipinski definition) is 6. The van der Waals surface area contributed by atoms with Crippen LogP contribution in [0.2, 0.25) is 0 Å². The van der Waals surface area contributed by atoms with Gasteiger partial charge in [-0.1, -0.05) is 31.4 Å². The Morgan fingerprint density at radius 2 is 1.56 bits per heavy atom. The minimum atomic E-state index is -4.77. The first-order chi connectivity index (χ1) is 17.1. The molecular formula is C24H28F3N3O5S. The Morgan fingerprint density at radius 1 is 0.917 bits per heavy atom. The number of carbonyl (C=O) groups is 1. The number of carbonyl (C=O) groups excluding carboxylic acids is 1. The summed E-state index contributed by atoms with van der Waals surface area (Å²) < 4.78 is 69.1. The number of halogens is 3. The second-order valence-electron chi connectivity index (χ2n) is 8.74. The molecule has 36 heavy (non-hydrogen) atoms. The molecule has 2 aromatic carbocycles. The first-order valence-corrected chi connectivity index (χ1v) is 13.2. The summed E-state index contributed by atoms with van der Waals surface area (Å²) in [5.74, 6) is -0.936. The lowest BCUT2D eigenvalue weighted by Crippen LogP contribution is -2.49. The van der Waals surface area contributed by atoms with Crippen molar-refractivity contribution in [2.45, 2.75) is 49.5 Å². The van der Waals surface area contributed by atoms with E-state index >= 15 is 0 Å². The highest BCUT2D eigenvalue weighted by Gasteiger charge is 2.33. The Hall–Kier alpha value is -2.83. The number of rotatable bonds is 7. The average molecular weight is 528 g/mol. The van der Waals surface area contributed by atoms with E-state index in [-0.39, 0.29) is 35.4 Å². The van der Waals surface area contributed by atoms with Crippen molar-refractivity contribution in [1.82, 2.24) is 9.79 Å². The summed E-state index contributed by atoms with van der Waals surface area (Å²) in [5.41, 5.74) is 3.08. The lowest BCUT2D eigenvalue weighted by atomic mass is 9.98. The standard InChI is InChI=1S/C24H28F3N3O5S/c25-24(26,27)34-19-12-10-18(11-13-19)29-14-16-30(17-15-29)36(32,33)22-9-5-4-8-21(22)23(31)28-35-20-6-2-1-3-7-20/h4-5,8-13,20H,1-3,6-7,14-17H2,(H,28,31). The molecule has 1 saturated heterocycles. The van der Waals surface area contributed by atoms with Crippen molar-refractivity contribution in [3.63, 3.8) is 0 Å². The van der Waals surface area contributed by atoms with Crippen LogP contribution in [0.5, 0.6) is 5.75 Å². The number of anilines is 1. The van der Waals surface area contributed by atoms with Crippen LogP contribution in [-0.2, 0) is 14.9 Å². The van der Waals surface area contributed by atoms with E-state index in [0.29, 0.717) is 18.8 Å². The average Bonchev–Trinajstić information content (AvgIpc) is 2.87. The fourth-order valence-corrected chi connectivity index (χ4v) is 6.05. The number of hydroxylamine groups is 1. The Bertz CT molecular complexity index is 1140. The maximum atomic E-state index is 13.4. The second-order valence-corrected chi connectivity index (χ2v) is 10.6. The van der Waals surface area contributed by atoms with Crippen LogP contribution in [0, 0.1) is 0 Å². The van der Waals surface area contributed by atoms with E-state index in [1.165, 1.54) is 40.7 Å². The first kappa shape index (κ1) is 26.2. The van der Waals surface area contributed by atoms with Gasteiger partial charge in [0.1, 0.15) is 5.75 Å². The van der Waals surface area contributed by atoms with Gasteiger partial charge in [0, 0.05) is 31.9 Å². The van der Waals surface area contributed by atoms with Gasteiger partial charge in [-0.2, -0.15) is 4.31 Å². The number of ether oxygens (including phenoxy) is 1. The van der Waals surface area contributed by atoms with Gasteiger partial charge in [-0.15, -0.1) is 13.2 Å². The topological polar surface area (TPSA) is 88.2 Å². The minimum absolute atomic E-state index is 0.0102. The molecular weight excluding hydrogens is 499 g/mol. The van der Waals surface area contributed by atoms with Gasteiger partial charge in [-0.3, -0.25) is 9.63 Å². The largest absolute Gasteiger partial charge is 0.573 e. The van der Waals surface area contributed by atoms with Crippen LogP contribution in [0.25, 0.3) is 0 Å². The van der Waals surface area contributed by atoms with Crippen LogP contribution in [0.15, 0.2) is 53.4 Å². The number of benzene rings is 2. The first-order valence-electron chi connectivity index (χ1n) is 11.8. The van der Waals surface area contributed by atoms with Crippen molar-refractivity contribution in [2.75, 3.05) is 31.1 Å². The number of nitrogens with zero attached hydrogens (tertiary/aromatic N) is 2. The zero-order chi connectivity index (χ0) is 25.8. The molecule has 0 spiro atoms. The van der Waals surface area contributed by atoms with Gasteiger partial charge in [0.2, 0.25) is 10.0 Å². The number of amides is 1. The second kappa shape index (κ2) is 11.1. The third-order valence-electron chi connectivity index (χ3n) is 6.29. The Kier molecular flexibility index (Phi) is 8.06. The highest BCUT2D eigenvalue weighted by Crippen LogP contribution is 2.27. The molecule has 1 aliphatic carbocycles. The molecule has 2 aromatic rings. The molecule has 0 atom stereocenters. The molecule has 1 saturated carbocycles. The molecule has 1 amide bonds. The molecule has 2 aliphatic rings. The third-order valence-corrected chi connectivity index (χ3v) is 8.25. The predicted octanol–water partition coefficient (Wildman–Crippen LogP) is 4.09. The summed E-state index contributed by atoms with van der Waals surface area (Å²) >= 11 is 0. The summed E-state index contributed by atoms with van der Waals surface area (Å²) in [6, 6.07) is 11.4. The van der Waals surface area contributed by atoms with E-state index < -0.39 is 22.3 Å². The molecule has 0 radical (unpaired) electrons. The Morgan fingerprint density at radius 3 is 2.19 bits per heavy atom. The molecule has 196 valence electrons. The normalized spacial score (nSPS) is 18.1. The van der Waals surface area contributed by atoms with Crippen molar-refractivity contribution in [3.8, 4) is 5.75 Å². The Labute approximate surface area is 208 Å². The number of sulfonamides is 1. The SMILES string of the molecule is O=C(NOC1CCCCC1)c1ccccc1S(=O)(=O)N1CCN(c2ccc(OC(F)(F)F)cc2)CC1. The smallest absolute Gasteiger partial charge is 0.406 e. The fraction of sp³-hybridized carbons (Fsp3) is 0.458. The highest BCUT2D eigenvalue weighted by atomic mass is 32.2. The van der Waals surface area contributed by atoms with Gasteiger partial charge in [0.05, 0.1) is 16.6 Å². The lowest BCUT2D eigenvalue weighted by Gasteiger charge is -2.35. The molecule has 8 nitrogen and oxygen atoms in total. The monoisotopic (exact) mass is 527 g/mol. The fourth-order valence-electron chi connectivity index (χ4n) is 4.44. The van der Waals surface area contributed by atoms with Gasteiger partial charge in [0.25, 0.3) is 5.91 Å². The van der Waals surface area contributed by atoms with E-state index in [1.807, 2.05) is 4.90 Å². The minimum Gasteiger partial charge on any atom is -0.406 e. The van der Waals surface area contributed by atoms with Crippen molar-refractivity contribution in [3.05, 3.63) is 54.1 Å². The molecule has 1 aliphatic heterocycles. The van der Waals surface area contributed by atoms with Gasteiger partial charge in [-0.05, 0) is 49.2 Å². The van der Waals surface area contributed by atoms with Crippen molar-refractivity contribution >= 4 is 21.6 Å². The van der Waals surface area contributed by atoms with E-state index in [1.54, 1.807) is 12.1 Å². The van der Waals surface area contributed by atoms with Crippen LogP contribution in [0.4, 0.5) is 18.9 Å². The van der Waals surface area contributed by atoms with Crippen molar-refractivity contribution in [1.29, 1.82) is 0 Å². The van der Waals surface area contributed by atoms with Crippen LogP contribution in [0.1, 0.15) is 42.5 Å². The Balaban J connectivity index is 1.39. The maximum absolute atomic E-state index is 13.4. The molecule has 12 heteroatoms. The molecule has 1 heterocycles. The molecule has 0 unspecified atom stereocenters. The lowest BCUT2D eigenvalue weighted by molar-refractivity contribution is -0.274. The molecule has 0 aromatic heterocycles. The maximum Gasteiger partial charge on any atom is 0.573 e. The van der Waals surface area contributed by atoms with Gasteiger partial charge in [-0.25, -0.2) is 13.9 Å². The van der Waals surface area contributed by atoms with E-state index in [9.17, 15) is 26.4 Å². The molecule has 0 bridgehead atoms. The zero-order valence-corrected chi connectivity index (χ0v) is 20.4. The van der Waals surface area contributed by atoms with Crippen molar-refractivity contribution < 1.29 is 36.0 Å². The van der Waals surface area contributed by atoms with Crippen LogP contribution in [0.3, 0.4) is 0 Å². The van der Waals surface area contributed by atoms with E-state index in [4.69, 9.17) is 4.84 Å². The number of piperazine rings is 1. The quantitative estimate of drug-likeness (QED) is 0.546. The van der Waals surface area contributed by atoms with E-state index in [0.717, 1.165) is 32.1 Å². The molecule has 1 N–H and O–H groups in total. The summed E-state index contributed by atoms with van der Waals surface area (Å²) in [6.45, 7) is 0.963. The van der Waals surface area contributed by atoms with Crippen LogP contribution in [-0.4, -0.2) is 57.3 Å². The summed E-state index contributed by atoms with van der Waals surface area (Å²) in [7, 11) is -3.97. The van der Waals surface area contributed by atoms with Gasteiger partial charge < -0.3 is 9.64 Å². The summed E-state index contributed by atoms with van der Waals surface area (Å²) in [6.07, 6.45) is 0.0573. The van der Waals surface area contributed by atoms with Crippen LogP contribution >= 0.6 is 0 Å². The summed E-state index contributed by atoms with van der Waals surface area (Å²) in [4.78, 5) is 20.1. The van der Waals surface area contributed by atoms with E-state index in [2.05, 4.69) is 10.2 Å². The third kappa shape index (κ3) is 6.48. The molecule has 2 fully saturated rings. The number of nitrogens with one attached hydrogen (secondary N) is 1. The van der Waals surface area contributed by atoms with Gasteiger partial charge in [0.15, 0.2) is 0 Å². The van der Waals surface area contributed by atoms with Crippen molar-refractivity contribution in [2.24, 2.45) is 0 Å².